The van der Waals surface area contributed by atoms with Crippen molar-refractivity contribution in [1.29, 1.82) is 0 Å². The fraction of sp³-hybridized carbons (Fsp3) is 0.385. The number of aryl methyl sites for hydroxylation is 1. The zero-order chi connectivity index (χ0) is 13.0. The molecule has 0 fully saturated rings. The molecule has 0 bridgehead atoms. The first-order valence-electron chi connectivity index (χ1n) is 6.06. The number of benzene rings is 1. The molecule has 1 N–H and O–H groups in total. The van der Waals surface area contributed by atoms with E-state index in [1.165, 1.54) is 5.56 Å². The van der Waals surface area contributed by atoms with Gasteiger partial charge in [0.25, 0.3) is 0 Å². The largest absolute Gasteiger partial charge is 0.303 e. The first kappa shape index (κ1) is 13.2. The van der Waals surface area contributed by atoms with E-state index in [2.05, 4.69) is 69.4 Å². The Bertz CT molecular complexity index is 492. The minimum Gasteiger partial charge on any atom is -0.303 e. The maximum Gasteiger partial charge on any atom is 0.140 e. The number of hydrogen-bond acceptors (Lipinski definition) is 3. The summed E-state index contributed by atoms with van der Waals surface area (Å²) in [4.78, 5) is 4.25. The summed E-state index contributed by atoms with van der Waals surface area (Å²) in [6.45, 7) is 5.79. The summed E-state index contributed by atoms with van der Waals surface area (Å²) in [5.41, 5.74) is 1.26. The molecule has 96 valence electrons. The van der Waals surface area contributed by atoms with Crippen molar-refractivity contribution in [3.05, 3.63) is 46.5 Å². The van der Waals surface area contributed by atoms with E-state index in [4.69, 9.17) is 0 Å². The highest BCUT2D eigenvalue weighted by atomic mass is 79.9. The van der Waals surface area contributed by atoms with Crippen LogP contribution in [0.2, 0.25) is 0 Å². The number of nitrogens with one attached hydrogen (secondary N) is 1. The molecular weight excluding hydrogens is 292 g/mol. The lowest BCUT2D eigenvalue weighted by Crippen LogP contribution is -2.20. The van der Waals surface area contributed by atoms with Crippen molar-refractivity contribution in [2.24, 2.45) is 0 Å². The van der Waals surface area contributed by atoms with Gasteiger partial charge in [-0.2, -0.15) is 5.10 Å². The first-order valence-corrected chi connectivity index (χ1v) is 6.85. The summed E-state index contributed by atoms with van der Waals surface area (Å²) in [6.07, 6.45) is 1.60. The van der Waals surface area contributed by atoms with Gasteiger partial charge in [-0.3, -0.25) is 0 Å². The van der Waals surface area contributed by atoms with Crippen molar-refractivity contribution in [3.63, 3.8) is 0 Å². The minimum atomic E-state index is 0.292. The van der Waals surface area contributed by atoms with Crippen LogP contribution in [0, 0.1) is 0 Å². The quantitative estimate of drug-likeness (QED) is 0.923. The molecule has 1 aromatic heterocycles. The molecule has 1 aromatic carbocycles. The number of aromatic nitrogens is 3. The fourth-order valence-electron chi connectivity index (χ4n) is 1.80. The SMILES string of the molecule is CCn1ncnc1CN[C@H](C)c1ccc(Br)cc1. The lowest BCUT2D eigenvalue weighted by Gasteiger charge is -2.14. The van der Waals surface area contributed by atoms with Crippen LogP contribution in [-0.2, 0) is 13.1 Å². The van der Waals surface area contributed by atoms with E-state index in [-0.39, 0.29) is 0 Å². The second-order valence-corrected chi connectivity index (χ2v) is 5.06. The molecule has 1 heterocycles. The van der Waals surface area contributed by atoms with Gasteiger partial charge in [-0.25, -0.2) is 9.67 Å². The Morgan fingerprint density at radius 3 is 2.72 bits per heavy atom. The molecule has 1 atom stereocenters. The summed E-state index contributed by atoms with van der Waals surface area (Å²) in [6, 6.07) is 8.64. The summed E-state index contributed by atoms with van der Waals surface area (Å²) in [5.74, 6) is 0.974. The van der Waals surface area contributed by atoms with Crippen LogP contribution in [0.5, 0.6) is 0 Å². The van der Waals surface area contributed by atoms with Crippen LogP contribution in [0.3, 0.4) is 0 Å². The van der Waals surface area contributed by atoms with E-state index in [1.807, 2.05) is 4.68 Å². The van der Waals surface area contributed by atoms with Gasteiger partial charge in [0.05, 0.1) is 6.54 Å². The van der Waals surface area contributed by atoms with E-state index < -0.39 is 0 Å². The Kier molecular flexibility index (Phi) is 4.49. The average Bonchev–Trinajstić information content (AvgIpc) is 2.84. The second kappa shape index (κ2) is 6.11. The van der Waals surface area contributed by atoms with Crippen molar-refractivity contribution in [2.45, 2.75) is 33.0 Å². The molecule has 2 aromatic rings. The molecule has 2 rings (SSSR count). The monoisotopic (exact) mass is 308 g/mol. The van der Waals surface area contributed by atoms with Crippen LogP contribution in [0.1, 0.15) is 31.3 Å². The Morgan fingerprint density at radius 2 is 2.06 bits per heavy atom. The molecule has 0 spiro atoms. The molecule has 0 saturated carbocycles. The van der Waals surface area contributed by atoms with Gasteiger partial charge in [0.15, 0.2) is 0 Å². The van der Waals surface area contributed by atoms with E-state index >= 15 is 0 Å². The number of rotatable bonds is 5. The van der Waals surface area contributed by atoms with Crippen LogP contribution in [0.4, 0.5) is 0 Å². The third-order valence-electron chi connectivity index (χ3n) is 2.93. The molecule has 0 aliphatic heterocycles. The lowest BCUT2D eigenvalue weighted by molar-refractivity contribution is 0.523. The van der Waals surface area contributed by atoms with E-state index in [1.54, 1.807) is 6.33 Å². The van der Waals surface area contributed by atoms with Gasteiger partial charge in [0.1, 0.15) is 12.2 Å². The standard InChI is InChI=1S/C13H17BrN4/c1-3-18-13(16-9-17-18)8-15-10(2)11-4-6-12(14)7-5-11/h4-7,9-10,15H,3,8H2,1-2H3/t10-/m1/s1. The molecule has 0 aliphatic rings. The zero-order valence-corrected chi connectivity index (χ0v) is 12.2. The number of nitrogens with zero attached hydrogens (tertiary/aromatic N) is 3. The Morgan fingerprint density at radius 1 is 1.33 bits per heavy atom. The van der Waals surface area contributed by atoms with E-state index in [9.17, 15) is 0 Å². The van der Waals surface area contributed by atoms with Crippen molar-refractivity contribution in [3.8, 4) is 0 Å². The molecule has 5 heteroatoms. The highest BCUT2D eigenvalue weighted by Crippen LogP contribution is 2.16. The van der Waals surface area contributed by atoms with Crippen LogP contribution < -0.4 is 5.32 Å². The van der Waals surface area contributed by atoms with Gasteiger partial charge >= 0.3 is 0 Å². The third-order valence-corrected chi connectivity index (χ3v) is 3.46. The molecule has 4 nitrogen and oxygen atoms in total. The Hall–Kier alpha value is -1.20. The summed E-state index contributed by atoms with van der Waals surface area (Å²) in [5, 5.41) is 7.61. The van der Waals surface area contributed by atoms with Crippen molar-refractivity contribution >= 4 is 15.9 Å². The highest BCUT2D eigenvalue weighted by Gasteiger charge is 2.07. The van der Waals surface area contributed by atoms with E-state index in [0.29, 0.717) is 6.04 Å². The van der Waals surface area contributed by atoms with Crippen molar-refractivity contribution in [1.82, 2.24) is 20.1 Å². The fourth-order valence-corrected chi connectivity index (χ4v) is 2.07. The smallest absolute Gasteiger partial charge is 0.140 e. The molecular formula is C13H17BrN4. The Labute approximate surface area is 116 Å². The molecule has 0 unspecified atom stereocenters. The normalized spacial score (nSPS) is 12.6. The minimum absolute atomic E-state index is 0.292. The summed E-state index contributed by atoms with van der Waals surface area (Å²) >= 11 is 3.44. The number of halogens is 1. The average molecular weight is 309 g/mol. The molecule has 0 aliphatic carbocycles. The molecule has 18 heavy (non-hydrogen) atoms. The van der Waals surface area contributed by atoms with Crippen LogP contribution in [-0.4, -0.2) is 14.8 Å². The lowest BCUT2D eigenvalue weighted by atomic mass is 10.1. The first-order chi connectivity index (χ1) is 8.70. The maximum absolute atomic E-state index is 4.25. The maximum atomic E-state index is 4.25. The topological polar surface area (TPSA) is 42.7 Å². The van der Waals surface area contributed by atoms with Gasteiger partial charge in [-0.1, -0.05) is 28.1 Å². The van der Waals surface area contributed by atoms with E-state index in [0.717, 1.165) is 23.4 Å². The van der Waals surface area contributed by atoms with Gasteiger partial charge in [0.2, 0.25) is 0 Å². The van der Waals surface area contributed by atoms with Crippen LogP contribution in [0.25, 0.3) is 0 Å². The van der Waals surface area contributed by atoms with Crippen molar-refractivity contribution in [2.75, 3.05) is 0 Å². The third kappa shape index (κ3) is 3.17. The van der Waals surface area contributed by atoms with Gasteiger partial charge in [-0.05, 0) is 31.5 Å². The summed E-state index contributed by atoms with van der Waals surface area (Å²) < 4.78 is 3.01. The van der Waals surface area contributed by atoms with Gasteiger partial charge in [-0.15, -0.1) is 0 Å². The predicted octanol–water partition coefficient (Wildman–Crippen LogP) is 2.91. The van der Waals surface area contributed by atoms with Crippen molar-refractivity contribution < 1.29 is 0 Å². The van der Waals surface area contributed by atoms with Gasteiger partial charge in [0, 0.05) is 17.1 Å². The summed E-state index contributed by atoms with van der Waals surface area (Å²) in [7, 11) is 0. The molecule has 0 amide bonds. The Balaban J connectivity index is 1.96. The second-order valence-electron chi connectivity index (χ2n) is 4.15. The molecule has 0 radical (unpaired) electrons. The van der Waals surface area contributed by atoms with Crippen LogP contribution in [0.15, 0.2) is 35.1 Å². The number of hydrogen-bond donors (Lipinski definition) is 1. The highest BCUT2D eigenvalue weighted by molar-refractivity contribution is 9.10. The van der Waals surface area contributed by atoms with Crippen LogP contribution >= 0.6 is 15.9 Å². The predicted molar refractivity (Wildman–Crippen MR) is 75.1 cm³/mol. The molecule has 0 saturated heterocycles. The zero-order valence-electron chi connectivity index (χ0n) is 10.6. The van der Waals surface area contributed by atoms with Gasteiger partial charge < -0.3 is 5.32 Å².